The molecular weight excluding hydrogens is 872 g/mol. The number of ether oxygens (including phenoxy) is 2. The van der Waals surface area contributed by atoms with Gasteiger partial charge in [-0.05, 0) is 69.4 Å². The summed E-state index contributed by atoms with van der Waals surface area (Å²) in [6, 6.07) is 43.8. The van der Waals surface area contributed by atoms with Crippen molar-refractivity contribution in [3.05, 3.63) is 171 Å². The van der Waals surface area contributed by atoms with Crippen molar-refractivity contribution in [2.75, 3.05) is 19.8 Å². The number of halogens is 2. The molecule has 1 atom stereocenters. The van der Waals surface area contributed by atoms with Crippen LogP contribution in [-0.4, -0.2) is 62.4 Å². The molecule has 62 heavy (non-hydrogen) atoms. The molecule has 12 nitrogen and oxygen atoms in total. The van der Waals surface area contributed by atoms with E-state index in [4.69, 9.17) is 40.9 Å². The molecule has 5 aromatic carbocycles. The molecule has 2 aromatic heterocycles. The molecule has 3 heterocycles. The minimum absolute atomic E-state index is 0.0396. The van der Waals surface area contributed by atoms with Crippen molar-refractivity contribution in [2.45, 2.75) is 45.2 Å². The molecule has 0 saturated carbocycles. The fourth-order valence-corrected chi connectivity index (χ4v) is 9.23. The highest BCUT2D eigenvalue weighted by Gasteiger charge is 2.47. The first kappa shape index (κ1) is 42.3. The lowest BCUT2D eigenvalue weighted by atomic mass is 9.77. The van der Waals surface area contributed by atoms with Crippen molar-refractivity contribution < 1.29 is 33.1 Å². The van der Waals surface area contributed by atoms with Crippen LogP contribution in [-0.2, 0) is 26.4 Å². The van der Waals surface area contributed by atoms with Gasteiger partial charge in [0.25, 0.3) is 0 Å². The number of aliphatic imine (C=N–C) groups is 1. The Labute approximate surface area is 371 Å². The number of carboxylic acid groups (broad SMARTS) is 1. The van der Waals surface area contributed by atoms with Gasteiger partial charge in [0.05, 0.1) is 11.1 Å². The largest absolute Gasteiger partial charge is 0.540 e. The van der Waals surface area contributed by atoms with Gasteiger partial charge in [-0.25, -0.2) is 9.28 Å². The number of carbonyl (C=O) groups excluding carboxylic acids is 2. The Bertz CT molecular complexity index is 2700. The lowest BCUT2D eigenvalue weighted by molar-refractivity contribution is -0.814. The SMILES string of the molecule is CCCCC1=NC(Cl)=C(C(=O)[O-])[N+]1(CCOC(=O)OCC)Cc1ccc2oc(-c3ccccc3-c3nnn(C(c4ccccc4)(c4ccccc4)c4ccccc4)n3)c(Br)c2c1. The summed E-state index contributed by atoms with van der Waals surface area (Å²) in [4.78, 5) is 31.2. The van der Waals surface area contributed by atoms with E-state index in [9.17, 15) is 14.7 Å². The van der Waals surface area contributed by atoms with Crippen LogP contribution in [0, 0.1) is 0 Å². The third-order valence-electron chi connectivity index (χ3n) is 11.1. The Kier molecular flexibility index (Phi) is 12.5. The molecule has 14 heteroatoms. The number of aliphatic carboxylic acids is 1. The summed E-state index contributed by atoms with van der Waals surface area (Å²) in [6.45, 7) is 3.87. The molecule has 314 valence electrons. The second-order valence-corrected chi connectivity index (χ2v) is 15.9. The molecule has 7 aromatic rings. The number of hydrogen-bond acceptors (Lipinski definition) is 10. The lowest BCUT2D eigenvalue weighted by Gasteiger charge is -2.37. The maximum absolute atomic E-state index is 12.8. The standard InChI is InChI=1S/C48H42BrClN6O6/c1-3-5-25-40-51-44(50)42(46(57)58)56(40,28-29-61-47(59)60-4-2)31-32-26-27-39-38(30-32)41(49)43(62-39)36-23-15-16-24-37(36)45-52-54-55(53-45)48(33-17-9-6-10-18-33,34-19-11-7-12-20-34)35-21-13-8-14-22-35/h6-24,26-27,30H,3-5,25,28-29,31H2,1-2H3. The van der Waals surface area contributed by atoms with Crippen molar-refractivity contribution in [1.82, 2.24) is 20.2 Å². The fraction of sp³-hybridized carbons (Fsp3) is 0.208. The van der Waals surface area contributed by atoms with Gasteiger partial charge in [0.15, 0.2) is 16.4 Å². The van der Waals surface area contributed by atoms with Gasteiger partial charge in [-0.15, -0.1) is 15.0 Å². The van der Waals surface area contributed by atoms with Gasteiger partial charge in [-0.1, -0.05) is 140 Å². The van der Waals surface area contributed by atoms with Crippen molar-refractivity contribution in [1.29, 1.82) is 0 Å². The number of unbranched alkanes of at least 4 members (excludes halogenated alkanes) is 1. The van der Waals surface area contributed by atoms with Gasteiger partial charge >= 0.3 is 6.16 Å². The number of carboxylic acids is 1. The summed E-state index contributed by atoms with van der Waals surface area (Å²) in [5.74, 6) is 0.0236. The van der Waals surface area contributed by atoms with Crippen LogP contribution in [0.15, 0.2) is 158 Å². The smallest absolute Gasteiger partial charge is 0.508 e. The van der Waals surface area contributed by atoms with Crippen LogP contribution in [0.2, 0.25) is 0 Å². The summed E-state index contributed by atoms with van der Waals surface area (Å²) in [5, 5.41) is 28.0. The van der Waals surface area contributed by atoms with E-state index in [2.05, 4.69) is 57.3 Å². The summed E-state index contributed by atoms with van der Waals surface area (Å²) >= 11 is 10.4. The number of benzene rings is 5. The number of nitrogens with zero attached hydrogens (tertiary/aromatic N) is 6. The monoisotopic (exact) mass is 912 g/mol. The van der Waals surface area contributed by atoms with Gasteiger partial charge in [0, 0.05) is 28.5 Å². The Hall–Kier alpha value is -6.41. The molecular formula is C48H42BrClN6O6. The molecule has 1 aliphatic rings. The molecule has 0 N–H and O–H groups in total. The third kappa shape index (κ3) is 7.83. The van der Waals surface area contributed by atoms with Crippen LogP contribution in [0.1, 0.15) is 55.4 Å². The van der Waals surface area contributed by atoms with Crippen molar-refractivity contribution in [3.63, 3.8) is 0 Å². The number of furan rings is 1. The molecule has 0 bridgehead atoms. The number of aromatic nitrogens is 4. The highest BCUT2D eigenvalue weighted by Crippen LogP contribution is 2.44. The van der Waals surface area contributed by atoms with E-state index in [1.54, 1.807) is 11.7 Å². The zero-order chi connectivity index (χ0) is 43.3. The number of quaternary nitrogens is 1. The Morgan fingerprint density at radius 1 is 0.839 bits per heavy atom. The van der Waals surface area contributed by atoms with Crippen LogP contribution in [0.5, 0.6) is 0 Å². The quantitative estimate of drug-likeness (QED) is 0.0401. The molecule has 0 aliphatic carbocycles. The predicted molar refractivity (Wildman–Crippen MR) is 237 cm³/mol. The second-order valence-electron chi connectivity index (χ2n) is 14.8. The average Bonchev–Trinajstić information content (AvgIpc) is 3.98. The highest BCUT2D eigenvalue weighted by atomic mass is 79.9. The molecule has 1 aliphatic heterocycles. The molecule has 0 fully saturated rings. The predicted octanol–water partition coefficient (Wildman–Crippen LogP) is 9.61. The second kappa shape index (κ2) is 18.3. The van der Waals surface area contributed by atoms with E-state index in [-0.39, 0.29) is 41.6 Å². The highest BCUT2D eigenvalue weighted by molar-refractivity contribution is 9.10. The zero-order valence-electron chi connectivity index (χ0n) is 34.0. The minimum Gasteiger partial charge on any atom is -0.540 e. The van der Waals surface area contributed by atoms with Gasteiger partial charge in [-0.3, -0.25) is 0 Å². The van der Waals surface area contributed by atoms with Crippen molar-refractivity contribution in [3.8, 4) is 22.7 Å². The maximum atomic E-state index is 12.8. The van der Waals surface area contributed by atoms with E-state index in [0.717, 1.165) is 46.0 Å². The van der Waals surface area contributed by atoms with E-state index >= 15 is 0 Å². The Morgan fingerprint density at radius 2 is 1.45 bits per heavy atom. The molecule has 0 radical (unpaired) electrons. The van der Waals surface area contributed by atoms with Gasteiger partial charge in [0.2, 0.25) is 11.7 Å². The average molecular weight is 914 g/mol. The normalized spacial score (nSPS) is 15.2. The summed E-state index contributed by atoms with van der Waals surface area (Å²) in [6.07, 6.45) is 1.21. The number of tetrazole rings is 1. The third-order valence-corrected chi connectivity index (χ3v) is 12.1. The van der Waals surface area contributed by atoms with Crippen LogP contribution < -0.4 is 5.11 Å². The Morgan fingerprint density at radius 3 is 2.05 bits per heavy atom. The van der Waals surface area contributed by atoms with Crippen molar-refractivity contribution in [2.24, 2.45) is 4.99 Å². The first-order valence-electron chi connectivity index (χ1n) is 20.4. The summed E-state index contributed by atoms with van der Waals surface area (Å²) in [7, 11) is 0. The van der Waals surface area contributed by atoms with Crippen LogP contribution in [0.3, 0.4) is 0 Å². The number of amidine groups is 1. The minimum atomic E-state index is -1.45. The van der Waals surface area contributed by atoms with Crippen LogP contribution >= 0.6 is 27.5 Å². The van der Waals surface area contributed by atoms with E-state index in [1.165, 1.54) is 0 Å². The van der Waals surface area contributed by atoms with Crippen molar-refractivity contribution >= 4 is 56.5 Å². The van der Waals surface area contributed by atoms with E-state index in [1.807, 2.05) is 104 Å². The number of rotatable bonds is 16. The van der Waals surface area contributed by atoms with Crippen LogP contribution in [0.25, 0.3) is 33.7 Å². The zero-order valence-corrected chi connectivity index (χ0v) is 36.4. The van der Waals surface area contributed by atoms with Gasteiger partial charge in [0.1, 0.15) is 37.0 Å². The lowest BCUT2D eigenvalue weighted by Crippen LogP contribution is -2.55. The fourth-order valence-electron chi connectivity index (χ4n) is 8.29. The molecule has 1 unspecified atom stereocenters. The maximum Gasteiger partial charge on any atom is 0.508 e. The number of fused-ring (bicyclic) bond motifs is 1. The van der Waals surface area contributed by atoms with Gasteiger partial charge in [-0.2, -0.15) is 4.99 Å². The summed E-state index contributed by atoms with van der Waals surface area (Å²) in [5.41, 5.74) is 4.50. The topological polar surface area (TPSA) is 145 Å². The molecule has 0 saturated heterocycles. The summed E-state index contributed by atoms with van der Waals surface area (Å²) < 4.78 is 17.3. The number of hydrogen-bond donors (Lipinski definition) is 0. The van der Waals surface area contributed by atoms with E-state index < -0.39 is 17.7 Å². The van der Waals surface area contributed by atoms with E-state index in [0.29, 0.717) is 39.5 Å². The first-order valence-corrected chi connectivity index (χ1v) is 21.5. The van der Waals surface area contributed by atoms with Gasteiger partial charge < -0.3 is 23.8 Å². The molecule has 0 spiro atoms. The Balaban J connectivity index is 1.20. The van der Waals surface area contributed by atoms with Crippen LogP contribution in [0.4, 0.5) is 4.79 Å². The number of carbonyl (C=O) groups is 2. The first-order chi connectivity index (χ1) is 30.2. The molecule has 8 rings (SSSR count). The molecule has 0 amide bonds.